The number of aryl methyl sites for hydroxylation is 1. The molecule has 0 saturated heterocycles. The van der Waals surface area contributed by atoms with Crippen LogP contribution in [-0.2, 0) is 11.2 Å². The first kappa shape index (κ1) is 16.6. The van der Waals surface area contributed by atoms with Gasteiger partial charge in [0.15, 0.2) is 0 Å². The van der Waals surface area contributed by atoms with Crippen molar-refractivity contribution < 1.29 is 9.59 Å². The van der Waals surface area contributed by atoms with E-state index in [9.17, 15) is 9.59 Å². The maximum absolute atomic E-state index is 12.4. The van der Waals surface area contributed by atoms with E-state index < -0.39 is 6.04 Å². The van der Waals surface area contributed by atoms with Gasteiger partial charge in [0.25, 0.3) is 5.91 Å². The summed E-state index contributed by atoms with van der Waals surface area (Å²) in [6, 6.07) is 2.91. The molecule has 2 aromatic heterocycles. The fraction of sp³-hybridized carbons (Fsp3) is 0.429. The van der Waals surface area contributed by atoms with Gasteiger partial charge in [-0.1, -0.05) is 38.2 Å². The Morgan fingerprint density at radius 3 is 2.64 bits per heavy atom. The fourth-order valence-electron chi connectivity index (χ4n) is 1.79. The quantitative estimate of drug-likeness (QED) is 0.848. The van der Waals surface area contributed by atoms with Crippen molar-refractivity contribution in [3.8, 4) is 0 Å². The molecular formula is C14H18N4O2S2. The highest BCUT2D eigenvalue weighted by atomic mass is 32.1. The number of hydrogen-bond donors (Lipinski definition) is 2. The highest BCUT2D eigenvalue weighted by Gasteiger charge is 2.25. The van der Waals surface area contributed by atoms with E-state index in [1.54, 1.807) is 12.1 Å². The van der Waals surface area contributed by atoms with Crippen molar-refractivity contribution in [3.63, 3.8) is 0 Å². The van der Waals surface area contributed by atoms with E-state index in [1.807, 2.05) is 26.2 Å². The molecule has 0 aliphatic carbocycles. The molecule has 0 radical (unpaired) electrons. The first-order valence-electron chi connectivity index (χ1n) is 6.98. The maximum Gasteiger partial charge on any atom is 0.262 e. The second kappa shape index (κ2) is 7.46. The molecule has 0 spiro atoms. The second-order valence-electron chi connectivity index (χ2n) is 5.02. The lowest BCUT2D eigenvalue weighted by Crippen LogP contribution is -2.46. The summed E-state index contributed by atoms with van der Waals surface area (Å²) < 4.78 is 0. The van der Waals surface area contributed by atoms with Crippen LogP contribution in [0.1, 0.15) is 35.5 Å². The summed E-state index contributed by atoms with van der Waals surface area (Å²) in [6.07, 6.45) is 0.774. The predicted octanol–water partition coefficient (Wildman–Crippen LogP) is 2.56. The van der Waals surface area contributed by atoms with Gasteiger partial charge in [-0.05, 0) is 23.8 Å². The Hall–Kier alpha value is -1.80. The molecule has 22 heavy (non-hydrogen) atoms. The molecule has 0 saturated carbocycles. The summed E-state index contributed by atoms with van der Waals surface area (Å²) in [5.41, 5.74) is 0. The monoisotopic (exact) mass is 338 g/mol. The van der Waals surface area contributed by atoms with E-state index in [-0.39, 0.29) is 17.7 Å². The molecule has 8 heteroatoms. The average Bonchev–Trinajstić information content (AvgIpc) is 3.14. The van der Waals surface area contributed by atoms with Crippen molar-refractivity contribution >= 4 is 39.6 Å². The van der Waals surface area contributed by atoms with Crippen molar-refractivity contribution in [2.24, 2.45) is 5.92 Å². The minimum absolute atomic E-state index is 0.0394. The molecule has 2 rings (SSSR count). The van der Waals surface area contributed by atoms with Gasteiger partial charge < -0.3 is 5.32 Å². The Labute approximate surface area is 137 Å². The normalized spacial score (nSPS) is 12.2. The molecule has 118 valence electrons. The Morgan fingerprint density at radius 1 is 1.32 bits per heavy atom. The molecule has 0 aliphatic rings. The largest absolute Gasteiger partial charge is 0.339 e. The topological polar surface area (TPSA) is 84.0 Å². The Kier molecular flexibility index (Phi) is 5.62. The number of nitrogens with zero attached hydrogens (tertiary/aromatic N) is 2. The molecule has 0 fully saturated rings. The molecule has 0 aliphatic heterocycles. The Bertz CT molecular complexity index is 637. The van der Waals surface area contributed by atoms with Crippen LogP contribution in [0.15, 0.2) is 17.5 Å². The van der Waals surface area contributed by atoms with Gasteiger partial charge in [0.2, 0.25) is 11.0 Å². The lowest BCUT2D eigenvalue weighted by atomic mass is 10.0. The molecule has 2 amide bonds. The molecule has 0 bridgehead atoms. The molecule has 1 atom stereocenters. The number of thiophene rings is 1. The molecule has 0 aromatic carbocycles. The third-order valence-corrected chi connectivity index (χ3v) is 4.83. The maximum atomic E-state index is 12.4. The van der Waals surface area contributed by atoms with E-state index in [1.165, 1.54) is 22.7 Å². The van der Waals surface area contributed by atoms with Gasteiger partial charge in [-0.2, -0.15) is 0 Å². The van der Waals surface area contributed by atoms with Gasteiger partial charge in [0, 0.05) is 0 Å². The van der Waals surface area contributed by atoms with E-state index in [0.717, 1.165) is 11.4 Å². The van der Waals surface area contributed by atoms with Gasteiger partial charge in [0.1, 0.15) is 11.0 Å². The smallest absolute Gasteiger partial charge is 0.262 e. The number of hydrogen-bond acceptors (Lipinski definition) is 6. The fourth-order valence-corrected chi connectivity index (χ4v) is 3.09. The predicted molar refractivity (Wildman–Crippen MR) is 88.3 cm³/mol. The number of rotatable bonds is 6. The van der Waals surface area contributed by atoms with Gasteiger partial charge in [-0.15, -0.1) is 21.5 Å². The van der Waals surface area contributed by atoms with Crippen LogP contribution in [0.4, 0.5) is 5.13 Å². The summed E-state index contributed by atoms with van der Waals surface area (Å²) in [4.78, 5) is 25.1. The first-order valence-corrected chi connectivity index (χ1v) is 8.68. The molecular weight excluding hydrogens is 320 g/mol. The Balaban J connectivity index is 2.03. The van der Waals surface area contributed by atoms with Gasteiger partial charge in [-0.25, -0.2) is 0 Å². The Morgan fingerprint density at radius 2 is 2.09 bits per heavy atom. The SMILES string of the molecule is CCc1nnc(NC(=O)[C@@H](NC(=O)c2cccs2)C(C)C)s1. The number of carbonyl (C=O) groups excluding carboxylic acids is 2. The van der Waals surface area contributed by atoms with Crippen LogP contribution < -0.4 is 10.6 Å². The van der Waals surface area contributed by atoms with Gasteiger partial charge in [-0.3, -0.25) is 14.9 Å². The van der Waals surface area contributed by atoms with E-state index in [0.29, 0.717) is 10.0 Å². The number of amides is 2. The molecule has 2 heterocycles. The summed E-state index contributed by atoms with van der Waals surface area (Å²) in [5.74, 6) is -0.559. The summed E-state index contributed by atoms with van der Waals surface area (Å²) in [7, 11) is 0. The number of carbonyl (C=O) groups is 2. The van der Waals surface area contributed by atoms with E-state index in [4.69, 9.17) is 0 Å². The van der Waals surface area contributed by atoms with Crippen LogP contribution >= 0.6 is 22.7 Å². The minimum Gasteiger partial charge on any atom is -0.339 e. The van der Waals surface area contributed by atoms with E-state index >= 15 is 0 Å². The van der Waals surface area contributed by atoms with Crippen molar-refractivity contribution in [1.82, 2.24) is 15.5 Å². The van der Waals surface area contributed by atoms with Gasteiger partial charge in [0.05, 0.1) is 4.88 Å². The number of aromatic nitrogens is 2. The third-order valence-electron chi connectivity index (χ3n) is 2.98. The first-order chi connectivity index (χ1) is 10.5. The number of anilines is 1. The zero-order valence-electron chi connectivity index (χ0n) is 12.6. The summed E-state index contributed by atoms with van der Waals surface area (Å²) in [5, 5.41) is 16.5. The standard InChI is InChI=1S/C14H18N4O2S2/c1-4-10-17-18-14(22-10)16-13(20)11(8(2)3)15-12(19)9-6-5-7-21-9/h5-8,11H,4H2,1-3H3,(H,15,19)(H,16,18,20)/t11-/m0/s1. The van der Waals surface area contributed by atoms with Crippen LogP contribution in [0.5, 0.6) is 0 Å². The van der Waals surface area contributed by atoms with Crippen molar-refractivity contribution in [2.75, 3.05) is 5.32 Å². The second-order valence-corrected chi connectivity index (χ2v) is 7.03. The van der Waals surface area contributed by atoms with Crippen LogP contribution in [0.25, 0.3) is 0 Å². The summed E-state index contributed by atoms with van der Waals surface area (Å²) in [6.45, 7) is 5.75. The van der Waals surface area contributed by atoms with Crippen LogP contribution in [0.2, 0.25) is 0 Å². The molecule has 6 nitrogen and oxygen atoms in total. The van der Waals surface area contributed by atoms with Crippen LogP contribution in [0.3, 0.4) is 0 Å². The molecule has 2 aromatic rings. The lowest BCUT2D eigenvalue weighted by molar-refractivity contribution is -0.118. The van der Waals surface area contributed by atoms with Gasteiger partial charge >= 0.3 is 0 Å². The average molecular weight is 338 g/mol. The zero-order chi connectivity index (χ0) is 16.1. The third kappa shape index (κ3) is 4.11. The van der Waals surface area contributed by atoms with Crippen LogP contribution in [0, 0.1) is 5.92 Å². The van der Waals surface area contributed by atoms with Crippen molar-refractivity contribution in [1.29, 1.82) is 0 Å². The highest BCUT2D eigenvalue weighted by Crippen LogP contribution is 2.17. The molecule has 2 N–H and O–H groups in total. The van der Waals surface area contributed by atoms with Crippen LogP contribution in [-0.4, -0.2) is 28.1 Å². The number of nitrogens with one attached hydrogen (secondary N) is 2. The summed E-state index contributed by atoms with van der Waals surface area (Å²) >= 11 is 2.68. The zero-order valence-corrected chi connectivity index (χ0v) is 14.3. The molecule has 0 unspecified atom stereocenters. The van der Waals surface area contributed by atoms with E-state index in [2.05, 4.69) is 20.8 Å². The van der Waals surface area contributed by atoms with Crippen molar-refractivity contribution in [3.05, 3.63) is 27.4 Å². The minimum atomic E-state index is -0.622. The highest BCUT2D eigenvalue weighted by molar-refractivity contribution is 7.15. The lowest BCUT2D eigenvalue weighted by Gasteiger charge is -2.20. The van der Waals surface area contributed by atoms with Crippen molar-refractivity contribution in [2.45, 2.75) is 33.2 Å².